The fourth-order valence-electron chi connectivity index (χ4n) is 3.01. The first-order valence-electron chi connectivity index (χ1n) is 8.33. The van der Waals surface area contributed by atoms with Crippen LogP contribution in [-0.2, 0) is 9.47 Å². The number of aliphatic hydroxyl groups excluding tert-OH is 2. The first-order chi connectivity index (χ1) is 13.5. The first kappa shape index (κ1) is 18.2. The van der Waals surface area contributed by atoms with Crippen molar-refractivity contribution in [1.29, 1.82) is 0 Å². The molecule has 0 bridgehead atoms. The number of hydrogen-bond acceptors (Lipinski definition) is 9. The van der Waals surface area contributed by atoms with Crippen LogP contribution in [0.1, 0.15) is 16.6 Å². The number of nitrogen functional groups attached to an aromatic ring is 1. The molecule has 0 amide bonds. The highest BCUT2D eigenvalue weighted by Crippen LogP contribution is 2.32. The smallest absolute Gasteiger partial charge is 0.338 e. The highest BCUT2D eigenvalue weighted by Gasteiger charge is 2.45. The second-order valence-corrected chi connectivity index (χ2v) is 6.24. The van der Waals surface area contributed by atoms with E-state index in [-0.39, 0.29) is 18.0 Å². The number of hydrogen-bond donors (Lipinski definition) is 3. The van der Waals surface area contributed by atoms with Crippen molar-refractivity contribution in [2.75, 3.05) is 12.3 Å². The van der Waals surface area contributed by atoms with Crippen LogP contribution in [0.3, 0.4) is 0 Å². The molecule has 0 saturated carbocycles. The van der Waals surface area contributed by atoms with Crippen molar-refractivity contribution >= 4 is 23.0 Å². The quantitative estimate of drug-likeness (QED) is 0.526. The number of nitrogens with two attached hydrogens (primary N) is 1. The number of ether oxygens (including phenoxy) is 2. The zero-order chi connectivity index (χ0) is 19.8. The molecule has 3 aromatic rings. The zero-order valence-corrected chi connectivity index (χ0v) is 14.3. The van der Waals surface area contributed by atoms with Crippen LogP contribution in [0.4, 0.5) is 10.2 Å². The Labute approximate surface area is 157 Å². The maximum absolute atomic E-state index is 13.2. The normalized spacial score (nSPS) is 24.5. The van der Waals surface area contributed by atoms with E-state index in [1.807, 2.05) is 0 Å². The van der Waals surface area contributed by atoms with Gasteiger partial charge in [0, 0.05) is 0 Å². The van der Waals surface area contributed by atoms with E-state index in [2.05, 4.69) is 15.0 Å². The Morgan fingerprint density at radius 1 is 1.29 bits per heavy atom. The summed E-state index contributed by atoms with van der Waals surface area (Å²) in [4.78, 5) is 24.0. The molecule has 0 aliphatic carbocycles. The lowest BCUT2D eigenvalue weighted by Crippen LogP contribution is -2.34. The molecule has 4 N–H and O–H groups in total. The summed E-state index contributed by atoms with van der Waals surface area (Å²) in [5, 5.41) is 20.6. The Bertz CT molecular complexity index is 1030. The van der Waals surface area contributed by atoms with E-state index in [9.17, 15) is 19.4 Å². The van der Waals surface area contributed by atoms with Crippen molar-refractivity contribution in [1.82, 2.24) is 19.5 Å². The summed E-state index contributed by atoms with van der Waals surface area (Å²) in [6.45, 7) is -0.339. The number of fused-ring (bicyclic) bond motifs is 1. The van der Waals surface area contributed by atoms with Gasteiger partial charge in [-0.3, -0.25) is 4.57 Å². The lowest BCUT2D eigenvalue weighted by molar-refractivity contribution is -0.0565. The number of carbonyl (C=O) groups is 1. The predicted octanol–water partition coefficient (Wildman–Crippen LogP) is 0.0238. The molecule has 1 saturated heterocycles. The number of imidazole rings is 1. The minimum absolute atomic E-state index is 0.0253. The number of esters is 1. The van der Waals surface area contributed by atoms with Gasteiger partial charge >= 0.3 is 5.97 Å². The number of benzene rings is 1. The SMILES string of the molecule is Nc1ncnc2c1ncn2[C@@H]1O[C@H](COC(=O)c2cccc(F)c2)[C@@H](O)[C@H]1O. The van der Waals surface area contributed by atoms with Crippen LogP contribution in [0.5, 0.6) is 0 Å². The van der Waals surface area contributed by atoms with E-state index in [4.69, 9.17) is 15.2 Å². The topological polar surface area (TPSA) is 146 Å². The highest BCUT2D eigenvalue weighted by atomic mass is 19.1. The summed E-state index contributed by atoms with van der Waals surface area (Å²) < 4.78 is 25.4. The molecule has 2 aromatic heterocycles. The molecule has 146 valence electrons. The van der Waals surface area contributed by atoms with E-state index in [1.165, 1.54) is 35.4 Å². The molecule has 3 heterocycles. The molecule has 1 fully saturated rings. The van der Waals surface area contributed by atoms with Crippen molar-refractivity contribution in [2.45, 2.75) is 24.5 Å². The standard InChI is InChI=1S/C17H16FN5O5/c18-9-3-1-2-8(4-9)17(26)27-5-10-12(24)13(25)16(28-10)23-7-22-11-14(19)20-6-21-15(11)23/h1-4,6-7,10,12-13,16,24-25H,5H2,(H2,19,20,21)/t10-,12-,13-,16-/m1/s1. The van der Waals surface area contributed by atoms with Crippen LogP contribution in [0.15, 0.2) is 36.9 Å². The average molecular weight is 389 g/mol. The molecule has 1 aromatic carbocycles. The summed E-state index contributed by atoms with van der Waals surface area (Å²) in [7, 11) is 0. The van der Waals surface area contributed by atoms with Gasteiger partial charge in [-0.05, 0) is 18.2 Å². The van der Waals surface area contributed by atoms with E-state index >= 15 is 0 Å². The van der Waals surface area contributed by atoms with E-state index in [1.54, 1.807) is 0 Å². The van der Waals surface area contributed by atoms with Crippen molar-refractivity contribution in [3.8, 4) is 0 Å². The monoisotopic (exact) mass is 389 g/mol. The summed E-state index contributed by atoms with van der Waals surface area (Å²) in [6.07, 6.45) is -2.08. The zero-order valence-electron chi connectivity index (χ0n) is 14.3. The second kappa shape index (κ2) is 7.11. The fourth-order valence-corrected chi connectivity index (χ4v) is 3.01. The van der Waals surface area contributed by atoms with Gasteiger partial charge in [-0.25, -0.2) is 24.1 Å². The minimum Gasteiger partial charge on any atom is -0.459 e. The first-order valence-corrected chi connectivity index (χ1v) is 8.33. The van der Waals surface area contributed by atoms with Crippen LogP contribution in [-0.4, -0.2) is 60.6 Å². The number of halogens is 1. The molecular formula is C17H16FN5O5. The Morgan fingerprint density at radius 2 is 2.11 bits per heavy atom. The summed E-state index contributed by atoms with van der Waals surface area (Å²) >= 11 is 0. The Morgan fingerprint density at radius 3 is 2.89 bits per heavy atom. The van der Waals surface area contributed by atoms with Crippen molar-refractivity contribution < 1.29 is 28.9 Å². The largest absolute Gasteiger partial charge is 0.459 e. The number of nitrogens with zero attached hydrogens (tertiary/aromatic N) is 4. The fraction of sp³-hybridized carbons (Fsp3) is 0.294. The Balaban J connectivity index is 1.48. The molecule has 4 rings (SSSR count). The number of carbonyl (C=O) groups excluding carboxylic acids is 1. The van der Waals surface area contributed by atoms with Crippen LogP contribution < -0.4 is 5.73 Å². The second-order valence-electron chi connectivity index (χ2n) is 6.24. The molecule has 1 aliphatic rings. The third-order valence-corrected chi connectivity index (χ3v) is 4.44. The van der Waals surface area contributed by atoms with E-state index in [0.717, 1.165) is 6.07 Å². The number of rotatable bonds is 4. The van der Waals surface area contributed by atoms with Crippen molar-refractivity contribution in [3.63, 3.8) is 0 Å². The summed E-state index contributed by atoms with van der Waals surface area (Å²) in [5.41, 5.74) is 6.41. The van der Waals surface area contributed by atoms with Crippen molar-refractivity contribution in [3.05, 3.63) is 48.3 Å². The maximum atomic E-state index is 13.2. The lowest BCUT2D eigenvalue weighted by atomic mass is 10.1. The lowest BCUT2D eigenvalue weighted by Gasteiger charge is -2.16. The van der Waals surface area contributed by atoms with Gasteiger partial charge in [0.15, 0.2) is 17.7 Å². The highest BCUT2D eigenvalue weighted by molar-refractivity contribution is 5.89. The van der Waals surface area contributed by atoms with Crippen LogP contribution >= 0.6 is 0 Å². The third kappa shape index (κ3) is 3.15. The van der Waals surface area contributed by atoms with Gasteiger partial charge in [-0.15, -0.1) is 0 Å². The van der Waals surface area contributed by atoms with Gasteiger partial charge in [0.05, 0.1) is 11.9 Å². The average Bonchev–Trinajstić information content (AvgIpc) is 3.23. The number of aliphatic hydroxyl groups is 2. The number of aromatic nitrogens is 4. The summed E-state index contributed by atoms with van der Waals surface area (Å²) in [6, 6.07) is 5.02. The molecule has 28 heavy (non-hydrogen) atoms. The maximum Gasteiger partial charge on any atom is 0.338 e. The van der Waals surface area contributed by atoms with Gasteiger partial charge < -0.3 is 25.4 Å². The Hall–Kier alpha value is -3.15. The number of anilines is 1. The van der Waals surface area contributed by atoms with Gasteiger partial charge in [-0.1, -0.05) is 6.07 Å². The van der Waals surface area contributed by atoms with Gasteiger partial charge in [0.25, 0.3) is 0 Å². The Kier molecular flexibility index (Phi) is 4.63. The van der Waals surface area contributed by atoms with Crippen LogP contribution in [0.2, 0.25) is 0 Å². The van der Waals surface area contributed by atoms with E-state index in [0.29, 0.717) is 11.2 Å². The molecule has 0 unspecified atom stereocenters. The molecule has 0 spiro atoms. The molecule has 11 heteroatoms. The van der Waals surface area contributed by atoms with Crippen LogP contribution in [0.25, 0.3) is 11.2 Å². The van der Waals surface area contributed by atoms with Crippen molar-refractivity contribution in [2.24, 2.45) is 0 Å². The molecule has 10 nitrogen and oxygen atoms in total. The molecule has 1 aliphatic heterocycles. The van der Waals surface area contributed by atoms with Crippen LogP contribution in [0, 0.1) is 5.82 Å². The van der Waals surface area contributed by atoms with Gasteiger partial charge in [0.2, 0.25) is 0 Å². The minimum atomic E-state index is -1.33. The third-order valence-electron chi connectivity index (χ3n) is 4.44. The van der Waals surface area contributed by atoms with E-state index < -0.39 is 36.3 Å². The van der Waals surface area contributed by atoms with Gasteiger partial charge in [-0.2, -0.15) is 0 Å². The summed E-state index contributed by atoms with van der Waals surface area (Å²) in [5.74, 6) is -1.19. The molecular weight excluding hydrogens is 373 g/mol. The van der Waals surface area contributed by atoms with Gasteiger partial charge in [0.1, 0.15) is 42.6 Å². The molecule has 0 radical (unpaired) electrons. The predicted molar refractivity (Wildman–Crippen MR) is 92.3 cm³/mol. The molecule has 4 atom stereocenters.